The fourth-order valence-corrected chi connectivity index (χ4v) is 2.61. The van der Waals surface area contributed by atoms with E-state index in [1.54, 1.807) is 6.07 Å². The van der Waals surface area contributed by atoms with Crippen molar-refractivity contribution in [1.29, 1.82) is 0 Å². The molecule has 1 aromatic carbocycles. The van der Waals surface area contributed by atoms with E-state index in [1.165, 1.54) is 0 Å². The Balaban J connectivity index is 1.88. The van der Waals surface area contributed by atoms with Gasteiger partial charge < -0.3 is 10.2 Å². The molecule has 110 valence electrons. The van der Waals surface area contributed by atoms with E-state index in [0.29, 0.717) is 18.4 Å². The predicted molar refractivity (Wildman–Crippen MR) is 78.1 cm³/mol. The number of carbonyl (C=O) groups is 1. The molecule has 1 heterocycles. The van der Waals surface area contributed by atoms with Crippen molar-refractivity contribution < 1.29 is 9.18 Å². The molecule has 0 spiro atoms. The van der Waals surface area contributed by atoms with Crippen LogP contribution in [0.25, 0.3) is 0 Å². The molecule has 0 aromatic heterocycles. The number of halogens is 1. The summed E-state index contributed by atoms with van der Waals surface area (Å²) in [7, 11) is 0. The maximum Gasteiger partial charge on any atom is 0.222 e. The Labute approximate surface area is 120 Å². The topological polar surface area (TPSA) is 32.3 Å². The van der Waals surface area contributed by atoms with Crippen LogP contribution in [-0.4, -0.2) is 37.0 Å². The molecule has 1 amide bonds. The number of hydrogen-bond donors (Lipinski definition) is 1. The van der Waals surface area contributed by atoms with Gasteiger partial charge in [0.1, 0.15) is 5.82 Å². The van der Waals surface area contributed by atoms with Crippen molar-refractivity contribution in [2.45, 2.75) is 26.7 Å². The lowest BCUT2D eigenvalue weighted by Crippen LogP contribution is -2.46. The van der Waals surface area contributed by atoms with Crippen LogP contribution in [-0.2, 0) is 11.2 Å². The summed E-state index contributed by atoms with van der Waals surface area (Å²) in [5, 5.41) is 3.23. The van der Waals surface area contributed by atoms with Crippen molar-refractivity contribution in [2.75, 3.05) is 26.2 Å². The summed E-state index contributed by atoms with van der Waals surface area (Å²) in [6.45, 7) is 7.19. The van der Waals surface area contributed by atoms with Gasteiger partial charge in [-0.15, -0.1) is 0 Å². The third-order valence-corrected chi connectivity index (χ3v) is 3.77. The molecule has 0 aliphatic carbocycles. The number of amides is 1. The first kappa shape index (κ1) is 15.0. The first-order valence-electron chi connectivity index (χ1n) is 7.30. The zero-order valence-electron chi connectivity index (χ0n) is 12.3. The molecule has 0 radical (unpaired) electrons. The zero-order valence-corrected chi connectivity index (χ0v) is 12.3. The summed E-state index contributed by atoms with van der Waals surface area (Å²) in [6, 6.07) is 5.31. The summed E-state index contributed by atoms with van der Waals surface area (Å²) in [4.78, 5) is 14.0. The minimum Gasteiger partial charge on any atom is -0.340 e. The van der Waals surface area contributed by atoms with Gasteiger partial charge in [0.2, 0.25) is 5.91 Å². The first-order chi connectivity index (χ1) is 9.56. The Bertz CT molecular complexity index is 470. The normalized spacial score (nSPS) is 17.1. The monoisotopic (exact) mass is 278 g/mol. The highest BCUT2D eigenvalue weighted by atomic mass is 19.1. The SMILES string of the molecule is Cc1ccc(CC(C)CC(=O)N2CCNCC2)c(F)c1. The van der Waals surface area contributed by atoms with Crippen LogP contribution in [0.2, 0.25) is 0 Å². The largest absolute Gasteiger partial charge is 0.340 e. The average Bonchev–Trinajstić information content (AvgIpc) is 2.43. The van der Waals surface area contributed by atoms with Crippen LogP contribution in [0.1, 0.15) is 24.5 Å². The Morgan fingerprint density at radius 3 is 2.75 bits per heavy atom. The molecule has 3 nitrogen and oxygen atoms in total. The van der Waals surface area contributed by atoms with Gasteiger partial charge in [-0.1, -0.05) is 19.1 Å². The zero-order chi connectivity index (χ0) is 14.5. The first-order valence-corrected chi connectivity index (χ1v) is 7.30. The van der Waals surface area contributed by atoms with E-state index >= 15 is 0 Å². The molecule has 1 N–H and O–H groups in total. The van der Waals surface area contributed by atoms with Gasteiger partial charge in [0.25, 0.3) is 0 Å². The van der Waals surface area contributed by atoms with Gasteiger partial charge in [-0.05, 0) is 36.5 Å². The van der Waals surface area contributed by atoms with Gasteiger partial charge in [-0.3, -0.25) is 4.79 Å². The number of aryl methyl sites for hydroxylation is 1. The maximum absolute atomic E-state index is 13.8. The summed E-state index contributed by atoms with van der Waals surface area (Å²) in [5.41, 5.74) is 1.63. The van der Waals surface area contributed by atoms with Crippen molar-refractivity contribution >= 4 is 5.91 Å². The van der Waals surface area contributed by atoms with Crippen molar-refractivity contribution in [2.24, 2.45) is 5.92 Å². The van der Waals surface area contributed by atoms with Crippen molar-refractivity contribution in [3.8, 4) is 0 Å². The minimum absolute atomic E-state index is 0.161. The molecular weight excluding hydrogens is 255 g/mol. The van der Waals surface area contributed by atoms with Gasteiger partial charge in [0.15, 0.2) is 0 Å². The number of nitrogens with one attached hydrogen (secondary N) is 1. The maximum atomic E-state index is 13.8. The van der Waals surface area contributed by atoms with Crippen LogP contribution >= 0.6 is 0 Å². The second-order valence-electron chi connectivity index (χ2n) is 5.74. The Hall–Kier alpha value is -1.42. The van der Waals surface area contributed by atoms with Crippen molar-refractivity contribution in [3.63, 3.8) is 0 Å². The molecule has 4 heteroatoms. The molecule has 0 saturated carbocycles. The molecule has 1 aliphatic rings. The molecular formula is C16H23FN2O. The van der Waals surface area contributed by atoms with Crippen LogP contribution in [0.3, 0.4) is 0 Å². The lowest BCUT2D eigenvalue weighted by atomic mass is 9.96. The van der Waals surface area contributed by atoms with Crippen LogP contribution in [0, 0.1) is 18.7 Å². The predicted octanol–water partition coefficient (Wildman–Crippen LogP) is 2.13. The lowest BCUT2D eigenvalue weighted by molar-refractivity contribution is -0.132. The van der Waals surface area contributed by atoms with E-state index in [-0.39, 0.29) is 17.6 Å². The van der Waals surface area contributed by atoms with E-state index in [4.69, 9.17) is 0 Å². The van der Waals surface area contributed by atoms with E-state index in [1.807, 2.05) is 30.9 Å². The smallest absolute Gasteiger partial charge is 0.222 e. The van der Waals surface area contributed by atoms with Crippen LogP contribution in [0.5, 0.6) is 0 Å². The number of nitrogens with zero attached hydrogens (tertiary/aromatic N) is 1. The Morgan fingerprint density at radius 2 is 2.10 bits per heavy atom. The number of benzene rings is 1. The van der Waals surface area contributed by atoms with Crippen molar-refractivity contribution in [3.05, 3.63) is 35.1 Å². The van der Waals surface area contributed by atoms with Gasteiger partial charge in [-0.2, -0.15) is 0 Å². The van der Waals surface area contributed by atoms with Gasteiger partial charge >= 0.3 is 0 Å². The number of piperazine rings is 1. The van der Waals surface area contributed by atoms with E-state index in [2.05, 4.69) is 5.32 Å². The number of hydrogen-bond acceptors (Lipinski definition) is 2. The highest BCUT2D eigenvalue weighted by Gasteiger charge is 2.19. The average molecular weight is 278 g/mol. The molecule has 1 saturated heterocycles. The molecule has 2 rings (SSSR count). The molecule has 1 atom stereocenters. The molecule has 20 heavy (non-hydrogen) atoms. The molecule has 1 aromatic rings. The second kappa shape index (κ2) is 6.84. The molecule has 1 fully saturated rings. The van der Waals surface area contributed by atoms with Gasteiger partial charge in [-0.25, -0.2) is 4.39 Å². The summed E-state index contributed by atoms with van der Waals surface area (Å²) < 4.78 is 13.8. The van der Waals surface area contributed by atoms with Gasteiger partial charge in [0, 0.05) is 32.6 Å². The summed E-state index contributed by atoms with van der Waals surface area (Å²) >= 11 is 0. The van der Waals surface area contributed by atoms with Crippen LogP contribution in [0.4, 0.5) is 4.39 Å². The standard InChI is InChI=1S/C16H23FN2O/c1-12-3-4-14(15(17)10-12)9-13(2)11-16(20)19-7-5-18-6-8-19/h3-4,10,13,18H,5-9,11H2,1-2H3. The minimum atomic E-state index is -0.161. The Kier molecular flexibility index (Phi) is 5.12. The van der Waals surface area contributed by atoms with Gasteiger partial charge in [0.05, 0.1) is 0 Å². The molecule has 1 aliphatic heterocycles. The fraction of sp³-hybridized carbons (Fsp3) is 0.562. The quantitative estimate of drug-likeness (QED) is 0.915. The third-order valence-electron chi connectivity index (χ3n) is 3.77. The summed E-state index contributed by atoms with van der Waals surface area (Å²) in [6.07, 6.45) is 1.11. The molecule has 1 unspecified atom stereocenters. The lowest BCUT2D eigenvalue weighted by Gasteiger charge is -2.28. The Morgan fingerprint density at radius 1 is 1.40 bits per heavy atom. The number of rotatable bonds is 4. The fourth-order valence-electron chi connectivity index (χ4n) is 2.61. The summed E-state index contributed by atoms with van der Waals surface area (Å²) in [5.74, 6) is 0.188. The highest BCUT2D eigenvalue weighted by Crippen LogP contribution is 2.17. The van der Waals surface area contributed by atoms with Crippen LogP contribution in [0.15, 0.2) is 18.2 Å². The highest BCUT2D eigenvalue weighted by molar-refractivity contribution is 5.76. The second-order valence-corrected chi connectivity index (χ2v) is 5.74. The number of carbonyl (C=O) groups excluding carboxylic acids is 1. The van der Waals surface area contributed by atoms with E-state index in [0.717, 1.165) is 31.7 Å². The third kappa shape index (κ3) is 4.04. The van der Waals surface area contributed by atoms with E-state index in [9.17, 15) is 9.18 Å². The van der Waals surface area contributed by atoms with Crippen molar-refractivity contribution in [1.82, 2.24) is 10.2 Å². The van der Waals surface area contributed by atoms with Crippen LogP contribution < -0.4 is 5.32 Å². The van der Waals surface area contributed by atoms with E-state index < -0.39 is 0 Å². The molecule has 0 bridgehead atoms.